The standard InChI is InChI=1S/C22H16Cl2N2O/c1-15-2-7-20(10-18(15)12-25)26-13-16-3-8-21(9-4-16)27-14-17-5-6-19(23)11-22(17)24/h2-11,13H,14H2,1H3. The van der Waals surface area contributed by atoms with Gasteiger partial charge in [0.15, 0.2) is 0 Å². The van der Waals surface area contributed by atoms with Crippen LogP contribution in [0, 0.1) is 18.3 Å². The van der Waals surface area contributed by atoms with E-state index in [9.17, 15) is 0 Å². The van der Waals surface area contributed by atoms with E-state index in [0.717, 1.165) is 28.1 Å². The fourth-order valence-corrected chi connectivity index (χ4v) is 2.87. The second kappa shape index (κ2) is 8.73. The lowest BCUT2D eigenvalue weighted by atomic mass is 10.1. The molecule has 0 spiro atoms. The first-order chi connectivity index (χ1) is 13.0. The molecule has 0 saturated heterocycles. The number of ether oxygens (including phenoxy) is 1. The molecule has 0 bridgehead atoms. The van der Waals surface area contributed by atoms with Crippen LogP contribution in [-0.2, 0) is 6.61 Å². The van der Waals surface area contributed by atoms with Crippen molar-refractivity contribution in [3.8, 4) is 11.8 Å². The molecule has 0 aliphatic carbocycles. The van der Waals surface area contributed by atoms with Crippen LogP contribution in [0.5, 0.6) is 5.75 Å². The van der Waals surface area contributed by atoms with Crippen LogP contribution in [0.3, 0.4) is 0 Å². The average molecular weight is 395 g/mol. The van der Waals surface area contributed by atoms with Crippen LogP contribution < -0.4 is 4.74 Å². The maximum Gasteiger partial charge on any atom is 0.119 e. The average Bonchev–Trinajstić information content (AvgIpc) is 2.67. The summed E-state index contributed by atoms with van der Waals surface area (Å²) in [5.41, 5.74) is 4.13. The first-order valence-corrected chi connectivity index (χ1v) is 9.02. The molecule has 0 unspecified atom stereocenters. The van der Waals surface area contributed by atoms with Gasteiger partial charge in [-0.3, -0.25) is 4.99 Å². The number of benzene rings is 3. The van der Waals surface area contributed by atoms with Crippen molar-refractivity contribution in [3.05, 3.63) is 93.0 Å². The monoisotopic (exact) mass is 394 g/mol. The van der Waals surface area contributed by atoms with E-state index in [1.54, 1.807) is 24.4 Å². The predicted octanol–water partition coefficient (Wildman–Crippen LogP) is 6.50. The molecule has 3 nitrogen and oxygen atoms in total. The fraction of sp³-hybridized carbons (Fsp3) is 0.0909. The van der Waals surface area contributed by atoms with E-state index < -0.39 is 0 Å². The number of nitrogens with zero attached hydrogens (tertiary/aromatic N) is 2. The zero-order valence-electron chi connectivity index (χ0n) is 14.6. The number of aryl methyl sites for hydroxylation is 1. The third kappa shape index (κ3) is 5.10. The number of halogens is 2. The van der Waals surface area contributed by atoms with Crippen LogP contribution in [0.1, 0.15) is 22.3 Å². The Morgan fingerprint density at radius 1 is 1.04 bits per heavy atom. The lowest BCUT2D eigenvalue weighted by molar-refractivity contribution is 0.306. The van der Waals surface area contributed by atoms with E-state index >= 15 is 0 Å². The van der Waals surface area contributed by atoms with Crippen molar-refractivity contribution in [3.63, 3.8) is 0 Å². The minimum absolute atomic E-state index is 0.365. The summed E-state index contributed by atoms with van der Waals surface area (Å²) in [7, 11) is 0. The van der Waals surface area contributed by atoms with Crippen molar-refractivity contribution in [1.82, 2.24) is 0 Å². The molecule has 5 heteroatoms. The summed E-state index contributed by atoms with van der Waals surface area (Å²) in [4.78, 5) is 4.42. The number of hydrogen-bond acceptors (Lipinski definition) is 3. The quantitative estimate of drug-likeness (QED) is 0.463. The fourth-order valence-electron chi connectivity index (χ4n) is 2.41. The third-order valence-electron chi connectivity index (χ3n) is 3.99. The van der Waals surface area contributed by atoms with Gasteiger partial charge in [0, 0.05) is 21.8 Å². The third-order valence-corrected chi connectivity index (χ3v) is 4.58. The first kappa shape index (κ1) is 19.0. The van der Waals surface area contributed by atoms with Gasteiger partial charge in [0.1, 0.15) is 12.4 Å². The summed E-state index contributed by atoms with van der Waals surface area (Å²) < 4.78 is 5.77. The molecule has 134 valence electrons. The highest BCUT2D eigenvalue weighted by molar-refractivity contribution is 6.35. The highest BCUT2D eigenvalue weighted by Crippen LogP contribution is 2.23. The Bertz CT molecular complexity index is 1020. The highest BCUT2D eigenvalue weighted by Gasteiger charge is 2.03. The van der Waals surface area contributed by atoms with E-state index in [1.165, 1.54) is 0 Å². The molecular formula is C22H16Cl2N2O. The van der Waals surface area contributed by atoms with E-state index in [-0.39, 0.29) is 0 Å². The molecular weight excluding hydrogens is 379 g/mol. The van der Waals surface area contributed by atoms with Crippen LogP contribution in [-0.4, -0.2) is 6.21 Å². The lowest BCUT2D eigenvalue weighted by Crippen LogP contribution is -1.96. The van der Waals surface area contributed by atoms with Gasteiger partial charge in [-0.05, 0) is 66.6 Å². The molecule has 0 aromatic heterocycles. The topological polar surface area (TPSA) is 45.4 Å². The largest absolute Gasteiger partial charge is 0.489 e. The van der Waals surface area contributed by atoms with E-state index in [1.807, 2.05) is 49.4 Å². The Hall–Kier alpha value is -2.80. The van der Waals surface area contributed by atoms with Crippen molar-refractivity contribution in [2.45, 2.75) is 13.5 Å². The maximum atomic E-state index is 9.09. The minimum Gasteiger partial charge on any atom is -0.489 e. The van der Waals surface area contributed by atoms with Crippen LogP contribution in [0.4, 0.5) is 5.69 Å². The van der Waals surface area contributed by atoms with E-state index in [4.69, 9.17) is 33.2 Å². The van der Waals surface area contributed by atoms with E-state index in [2.05, 4.69) is 11.1 Å². The Balaban J connectivity index is 1.64. The second-order valence-corrected chi connectivity index (χ2v) is 6.81. The van der Waals surface area contributed by atoms with Gasteiger partial charge in [-0.1, -0.05) is 35.3 Å². The molecule has 3 aromatic rings. The molecule has 3 rings (SSSR count). The summed E-state index contributed by atoms with van der Waals surface area (Å²) >= 11 is 12.0. The van der Waals surface area contributed by atoms with Gasteiger partial charge in [-0.25, -0.2) is 0 Å². The molecule has 0 fully saturated rings. The van der Waals surface area contributed by atoms with Crippen LogP contribution in [0.2, 0.25) is 10.0 Å². The molecule has 0 N–H and O–H groups in total. The zero-order chi connectivity index (χ0) is 19.2. The zero-order valence-corrected chi connectivity index (χ0v) is 16.1. The summed E-state index contributed by atoms with van der Waals surface area (Å²) in [5.74, 6) is 0.736. The van der Waals surface area contributed by atoms with Gasteiger partial charge >= 0.3 is 0 Å². The van der Waals surface area contributed by atoms with E-state index in [0.29, 0.717) is 22.2 Å². The van der Waals surface area contributed by atoms with Gasteiger partial charge < -0.3 is 4.74 Å². The van der Waals surface area contributed by atoms with Gasteiger partial charge in [0.05, 0.1) is 17.3 Å². The molecule has 0 aliphatic heterocycles. The van der Waals surface area contributed by atoms with Gasteiger partial charge in [0.25, 0.3) is 0 Å². The SMILES string of the molecule is Cc1ccc(N=Cc2ccc(OCc3ccc(Cl)cc3Cl)cc2)cc1C#N. The van der Waals surface area contributed by atoms with Gasteiger partial charge in [0.2, 0.25) is 0 Å². The van der Waals surface area contributed by atoms with Crippen molar-refractivity contribution in [2.24, 2.45) is 4.99 Å². The molecule has 0 radical (unpaired) electrons. The molecule has 0 atom stereocenters. The van der Waals surface area contributed by atoms with Crippen LogP contribution in [0.15, 0.2) is 65.7 Å². The predicted molar refractivity (Wildman–Crippen MR) is 110 cm³/mol. The van der Waals surface area contributed by atoms with Crippen LogP contribution >= 0.6 is 23.2 Å². The van der Waals surface area contributed by atoms with Crippen molar-refractivity contribution in [2.75, 3.05) is 0 Å². The minimum atomic E-state index is 0.365. The number of rotatable bonds is 5. The summed E-state index contributed by atoms with van der Waals surface area (Å²) in [6.07, 6.45) is 1.76. The number of aliphatic imine (C=N–C) groups is 1. The summed E-state index contributed by atoms with van der Waals surface area (Å²) in [6, 6.07) is 20.7. The van der Waals surface area contributed by atoms with Crippen molar-refractivity contribution >= 4 is 35.1 Å². The highest BCUT2D eigenvalue weighted by atomic mass is 35.5. The number of nitriles is 1. The Morgan fingerprint density at radius 2 is 1.81 bits per heavy atom. The Morgan fingerprint density at radius 3 is 2.52 bits per heavy atom. The molecule has 3 aromatic carbocycles. The Kier molecular flexibility index (Phi) is 6.13. The normalized spacial score (nSPS) is 10.7. The van der Waals surface area contributed by atoms with Gasteiger partial charge in [-0.2, -0.15) is 5.26 Å². The summed E-state index contributed by atoms with van der Waals surface area (Å²) in [5, 5.41) is 10.3. The molecule has 0 aliphatic rings. The van der Waals surface area contributed by atoms with Crippen molar-refractivity contribution in [1.29, 1.82) is 5.26 Å². The summed E-state index contributed by atoms with van der Waals surface area (Å²) in [6.45, 7) is 2.27. The second-order valence-electron chi connectivity index (χ2n) is 5.96. The molecule has 0 heterocycles. The molecule has 0 saturated carbocycles. The lowest BCUT2D eigenvalue weighted by Gasteiger charge is -2.08. The van der Waals surface area contributed by atoms with Gasteiger partial charge in [-0.15, -0.1) is 0 Å². The smallest absolute Gasteiger partial charge is 0.119 e. The molecule has 27 heavy (non-hydrogen) atoms. The maximum absolute atomic E-state index is 9.09. The number of hydrogen-bond donors (Lipinski definition) is 0. The Labute approximate surface area is 168 Å². The van der Waals surface area contributed by atoms with Crippen molar-refractivity contribution < 1.29 is 4.74 Å². The molecule has 0 amide bonds. The first-order valence-electron chi connectivity index (χ1n) is 8.27. The van der Waals surface area contributed by atoms with Crippen LogP contribution in [0.25, 0.3) is 0 Å².